The molecule has 1 unspecified atom stereocenters. The van der Waals surface area contributed by atoms with Crippen molar-refractivity contribution in [3.8, 4) is 0 Å². The number of aryl methyl sites for hydroxylation is 2. The van der Waals surface area contributed by atoms with Crippen LogP contribution in [0.2, 0.25) is 0 Å². The largest absolute Gasteiger partial charge is 0.323 e. The van der Waals surface area contributed by atoms with E-state index in [1.54, 1.807) is 11.3 Å². The number of hydrogen-bond donors (Lipinski definition) is 1. The number of thioether (sulfide) groups is 1. The molecule has 0 aliphatic carbocycles. The third-order valence-corrected chi connectivity index (χ3v) is 4.98. The molecule has 1 aromatic heterocycles. The van der Waals surface area contributed by atoms with Gasteiger partial charge in [0.2, 0.25) is 0 Å². The maximum absolute atomic E-state index is 6.25. The molecule has 1 heterocycles. The predicted molar refractivity (Wildman–Crippen MR) is 77.9 cm³/mol. The Morgan fingerprint density at radius 2 is 2.12 bits per heavy atom. The topological polar surface area (TPSA) is 26.0 Å². The van der Waals surface area contributed by atoms with Gasteiger partial charge in [-0.2, -0.15) is 0 Å². The molecule has 0 spiro atoms. The molecule has 1 nitrogen and oxygen atoms in total. The molecule has 0 radical (unpaired) electrons. The monoisotopic (exact) mass is 263 g/mol. The fourth-order valence-corrected chi connectivity index (χ4v) is 3.64. The lowest BCUT2D eigenvalue weighted by atomic mass is 10.0. The fourth-order valence-electron chi connectivity index (χ4n) is 1.85. The van der Waals surface area contributed by atoms with Crippen molar-refractivity contribution < 1.29 is 0 Å². The Kier molecular flexibility index (Phi) is 4.26. The van der Waals surface area contributed by atoms with Crippen molar-refractivity contribution in [1.29, 1.82) is 0 Å². The van der Waals surface area contributed by atoms with E-state index >= 15 is 0 Å². The zero-order chi connectivity index (χ0) is 12.3. The van der Waals surface area contributed by atoms with E-state index in [4.69, 9.17) is 5.73 Å². The van der Waals surface area contributed by atoms with Gasteiger partial charge in [-0.15, -0.1) is 23.1 Å². The van der Waals surface area contributed by atoms with E-state index in [0.717, 1.165) is 5.75 Å². The standard InChI is InChI=1S/C14H17NS2/c1-10-5-6-12(11(2)8-10)13(15)9-17-14-4-3-7-16-14/h3-8,13H,9,15H2,1-2H3. The molecule has 0 fully saturated rings. The van der Waals surface area contributed by atoms with Crippen LogP contribution >= 0.6 is 23.1 Å². The Bertz CT molecular complexity index is 477. The van der Waals surface area contributed by atoms with E-state index in [2.05, 4.69) is 49.6 Å². The molecule has 90 valence electrons. The summed E-state index contributed by atoms with van der Waals surface area (Å²) in [5.41, 5.74) is 10.1. The average Bonchev–Trinajstić information content (AvgIpc) is 2.78. The van der Waals surface area contributed by atoms with Crippen molar-refractivity contribution in [2.24, 2.45) is 5.73 Å². The molecular formula is C14H17NS2. The summed E-state index contributed by atoms with van der Waals surface area (Å²) in [6.07, 6.45) is 0. The molecule has 0 aliphatic heterocycles. The number of thiophene rings is 1. The van der Waals surface area contributed by atoms with Gasteiger partial charge >= 0.3 is 0 Å². The molecule has 0 aliphatic rings. The molecular weight excluding hydrogens is 246 g/mol. The summed E-state index contributed by atoms with van der Waals surface area (Å²) >= 11 is 3.61. The molecule has 0 amide bonds. The van der Waals surface area contributed by atoms with Crippen LogP contribution in [0.5, 0.6) is 0 Å². The first-order chi connectivity index (χ1) is 8.16. The van der Waals surface area contributed by atoms with Crippen molar-refractivity contribution >= 4 is 23.1 Å². The van der Waals surface area contributed by atoms with Crippen molar-refractivity contribution in [1.82, 2.24) is 0 Å². The number of nitrogens with two attached hydrogens (primary N) is 1. The van der Waals surface area contributed by atoms with Crippen molar-refractivity contribution in [3.05, 3.63) is 52.4 Å². The van der Waals surface area contributed by atoms with Crippen molar-refractivity contribution in [3.63, 3.8) is 0 Å². The fraction of sp³-hybridized carbons (Fsp3) is 0.286. The summed E-state index contributed by atoms with van der Waals surface area (Å²) in [5.74, 6) is 0.935. The molecule has 0 saturated carbocycles. The maximum atomic E-state index is 6.25. The van der Waals surface area contributed by atoms with Crippen LogP contribution in [0, 0.1) is 13.8 Å². The predicted octanol–water partition coefficient (Wildman–Crippen LogP) is 4.16. The van der Waals surface area contributed by atoms with E-state index in [0.29, 0.717) is 0 Å². The van der Waals surface area contributed by atoms with E-state index in [9.17, 15) is 0 Å². The summed E-state index contributed by atoms with van der Waals surface area (Å²) < 4.78 is 1.34. The summed E-state index contributed by atoms with van der Waals surface area (Å²) in [6.45, 7) is 4.25. The number of benzene rings is 1. The highest BCUT2D eigenvalue weighted by Gasteiger charge is 2.09. The second kappa shape index (κ2) is 5.71. The normalized spacial score (nSPS) is 12.6. The van der Waals surface area contributed by atoms with Crippen LogP contribution in [-0.2, 0) is 0 Å². The molecule has 2 N–H and O–H groups in total. The third kappa shape index (κ3) is 3.35. The first kappa shape index (κ1) is 12.7. The molecule has 17 heavy (non-hydrogen) atoms. The highest BCUT2D eigenvalue weighted by atomic mass is 32.2. The molecule has 2 rings (SSSR count). The van der Waals surface area contributed by atoms with Crippen LogP contribution in [0.3, 0.4) is 0 Å². The van der Waals surface area contributed by atoms with Gasteiger partial charge in [0.05, 0.1) is 4.21 Å². The van der Waals surface area contributed by atoms with Gasteiger partial charge in [0.15, 0.2) is 0 Å². The molecule has 1 atom stereocenters. The van der Waals surface area contributed by atoms with Gasteiger partial charge in [-0.05, 0) is 36.4 Å². The van der Waals surface area contributed by atoms with Crippen molar-refractivity contribution in [2.75, 3.05) is 5.75 Å². The zero-order valence-corrected chi connectivity index (χ0v) is 11.8. The summed E-state index contributed by atoms with van der Waals surface area (Å²) in [5, 5.41) is 2.10. The lowest BCUT2D eigenvalue weighted by molar-refractivity contribution is 0.822. The van der Waals surface area contributed by atoms with Crippen LogP contribution in [0.1, 0.15) is 22.7 Å². The van der Waals surface area contributed by atoms with Crippen LogP contribution in [0.4, 0.5) is 0 Å². The van der Waals surface area contributed by atoms with Crippen LogP contribution in [-0.4, -0.2) is 5.75 Å². The van der Waals surface area contributed by atoms with Crippen LogP contribution < -0.4 is 5.73 Å². The van der Waals surface area contributed by atoms with Gasteiger partial charge in [-0.3, -0.25) is 0 Å². The SMILES string of the molecule is Cc1ccc(C(N)CSc2cccs2)c(C)c1. The third-order valence-electron chi connectivity index (χ3n) is 2.72. The first-order valence-electron chi connectivity index (χ1n) is 5.66. The Hall–Kier alpha value is -0.770. The average molecular weight is 263 g/mol. The van der Waals surface area contributed by atoms with E-state index in [1.165, 1.54) is 20.9 Å². The minimum Gasteiger partial charge on any atom is -0.323 e. The van der Waals surface area contributed by atoms with E-state index in [-0.39, 0.29) is 6.04 Å². The highest BCUT2D eigenvalue weighted by Crippen LogP contribution is 2.28. The van der Waals surface area contributed by atoms with Gasteiger partial charge < -0.3 is 5.73 Å². The molecule has 0 saturated heterocycles. The summed E-state index contributed by atoms with van der Waals surface area (Å²) in [7, 11) is 0. The smallest absolute Gasteiger partial charge is 0.0599 e. The minimum absolute atomic E-state index is 0.114. The molecule has 0 bridgehead atoms. The molecule has 2 aromatic rings. The zero-order valence-electron chi connectivity index (χ0n) is 10.1. The second-order valence-electron chi connectivity index (χ2n) is 4.21. The van der Waals surface area contributed by atoms with Gasteiger partial charge in [0, 0.05) is 11.8 Å². The molecule has 1 aromatic carbocycles. The lowest BCUT2D eigenvalue weighted by Gasteiger charge is -2.14. The number of rotatable bonds is 4. The van der Waals surface area contributed by atoms with Crippen LogP contribution in [0.25, 0.3) is 0 Å². The Balaban J connectivity index is 2.01. The molecule has 3 heteroatoms. The van der Waals surface area contributed by atoms with Crippen LogP contribution in [0.15, 0.2) is 39.9 Å². The lowest BCUT2D eigenvalue weighted by Crippen LogP contribution is -2.14. The summed E-state index contributed by atoms with van der Waals surface area (Å²) in [6, 6.07) is 10.8. The van der Waals surface area contributed by atoms with E-state index < -0.39 is 0 Å². The van der Waals surface area contributed by atoms with Gasteiger partial charge in [0.25, 0.3) is 0 Å². The van der Waals surface area contributed by atoms with Gasteiger partial charge in [0.1, 0.15) is 0 Å². The van der Waals surface area contributed by atoms with Gasteiger partial charge in [-0.1, -0.05) is 29.8 Å². The Morgan fingerprint density at radius 3 is 2.76 bits per heavy atom. The van der Waals surface area contributed by atoms with Crippen molar-refractivity contribution in [2.45, 2.75) is 24.1 Å². The van der Waals surface area contributed by atoms with E-state index in [1.807, 2.05) is 11.8 Å². The van der Waals surface area contributed by atoms with Gasteiger partial charge in [-0.25, -0.2) is 0 Å². The quantitative estimate of drug-likeness (QED) is 0.838. The highest BCUT2D eigenvalue weighted by molar-refractivity contribution is 8.01. The summed E-state index contributed by atoms with van der Waals surface area (Å²) in [4.78, 5) is 0. The first-order valence-corrected chi connectivity index (χ1v) is 7.52. The Morgan fingerprint density at radius 1 is 1.29 bits per heavy atom. The second-order valence-corrected chi connectivity index (χ2v) is 6.48. The number of hydrogen-bond acceptors (Lipinski definition) is 3. The Labute approximate surface area is 111 Å². The maximum Gasteiger partial charge on any atom is 0.0599 e. The minimum atomic E-state index is 0.114.